The normalized spacial score (nSPS) is 9.78. The van der Waals surface area contributed by atoms with Crippen molar-refractivity contribution < 1.29 is 4.74 Å². The summed E-state index contributed by atoms with van der Waals surface area (Å²) in [5, 5.41) is 9.29. The van der Waals surface area contributed by atoms with E-state index in [2.05, 4.69) is 6.07 Å². The lowest BCUT2D eigenvalue weighted by atomic mass is 10.2. The molecule has 0 saturated heterocycles. The summed E-state index contributed by atoms with van der Waals surface area (Å²) in [5.41, 5.74) is 2.07. The molecule has 0 bridgehead atoms. The Morgan fingerprint density at radius 1 is 0.944 bits per heavy atom. The summed E-state index contributed by atoms with van der Waals surface area (Å²) in [6.07, 6.45) is 0.428. The maximum atomic E-state index is 8.57. The molecule has 0 saturated carbocycles. The van der Waals surface area contributed by atoms with Crippen LogP contribution in [-0.4, -0.2) is 0 Å². The van der Waals surface area contributed by atoms with Gasteiger partial charge in [-0.3, -0.25) is 0 Å². The SMILES string of the molecule is N#CCc1ccc(OCc2ccc(Cl)cc2)cc1. The number of hydrogen-bond acceptors (Lipinski definition) is 2. The van der Waals surface area contributed by atoms with Crippen LogP contribution in [0.3, 0.4) is 0 Å². The van der Waals surface area contributed by atoms with E-state index in [1.165, 1.54) is 0 Å². The first-order valence-corrected chi connectivity index (χ1v) is 5.99. The lowest BCUT2D eigenvalue weighted by molar-refractivity contribution is 0.306. The number of ether oxygens (including phenoxy) is 1. The second-order valence-corrected chi connectivity index (χ2v) is 4.33. The summed E-state index contributed by atoms with van der Waals surface area (Å²) >= 11 is 5.81. The molecule has 18 heavy (non-hydrogen) atoms. The van der Waals surface area contributed by atoms with E-state index >= 15 is 0 Å². The molecule has 0 radical (unpaired) electrons. The third-order valence-electron chi connectivity index (χ3n) is 2.53. The molecule has 0 aliphatic heterocycles. The number of hydrogen-bond donors (Lipinski definition) is 0. The van der Waals surface area contributed by atoms with Crippen molar-refractivity contribution in [1.29, 1.82) is 5.26 Å². The van der Waals surface area contributed by atoms with Gasteiger partial charge in [0.05, 0.1) is 12.5 Å². The first-order chi connectivity index (χ1) is 8.78. The molecule has 2 rings (SSSR count). The number of nitrogens with zero attached hydrogens (tertiary/aromatic N) is 1. The minimum atomic E-state index is 0.428. The topological polar surface area (TPSA) is 33.0 Å². The van der Waals surface area contributed by atoms with Crippen molar-refractivity contribution in [1.82, 2.24) is 0 Å². The average molecular weight is 258 g/mol. The smallest absolute Gasteiger partial charge is 0.119 e. The van der Waals surface area contributed by atoms with E-state index in [0.29, 0.717) is 13.0 Å². The van der Waals surface area contributed by atoms with Gasteiger partial charge in [-0.25, -0.2) is 0 Å². The summed E-state index contributed by atoms with van der Waals surface area (Å²) in [6.45, 7) is 0.509. The maximum Gasteiger partial charge on any atom is 0.119 e. The largest absolute Gasteiger partial charge is 0.489 e. The van der Waals surface area contributed by atoms with Crippen molar-refractivity contribution in [2.75, 3.05) is 0 Å². The highest BCUT2D eigenvalue weighted by Gasteiger charge is 1.97. The molecule has 0 spiro atoms. The number of halogens is 1. The Bertz CT molecular complexity index is 540. The molecule has 0 aliphatic rings. The molecule has 0 N–H and O–H groups in total. The zero-order valence-corrected chi connectivity index (χ0v) is 10.5. The summed E-state index contributed by atoms with van der Waals surface area (Å²) in [5.74, 6) is 0.798. The first kappa shape index (κ1) is 12.5. The Labute approximate surface area is 111 Å². The van der Waals surface area contributed by atoms with Gasteiger partial charge in [0.1, 0.15) is 12.4 Å². The van der Waals surface area contributed by atoms with E-state index in [9.17, 15) is 0 Å². The molecule has 0 unspecified atom stereocenters. The van der Waals surface area contributed by atoms with Crippen LogP contribution in [0.1, 0.15) is 11.1 Å². The highest BCUT2D eigenvalue weighted by molar-refractivity contribution is 6.30. The van der Waals surface area contributed by atoms with Crippen LogP contribution in [0.15, 0.2) is 48.5 Å². The number of rotatable bonds is 4. The standard InChI is InChI=1S/C15H12ClNO/c16-14-5-1-13(2-6-14)11-18-15-7-3-12(4-8-15)9-10-17/h1-8H,9,11H2. The molecule has 3 heteroatoms. The Balaban J connectivity index is 1.94. The van der Waals surface area contributed by atoms with Crippen LogP contribution in [0.25, 0.3) is 0 Å². The monoisotopic (exact) mass is 257 g/mol. The molecule has 2 nitrogen and oxygen atoms in total. The van der Waals surface area contributed by atoms with E-state index in [0.717, 1.165) is 21.9 Å². The van der Waals surface area contributed by atoms with Gasteiger partial charge in [0.15, 0.2) is 0 Å². The summed E-state index contributed by atoms with van der Waals surface area (Å²) in [6, 6.07) is 17.2. The van der Waals surface area contributed by atoms with Crippen LogP contribution in [-0.2, 0) is 13.0 Å². The lowest BCUT2D eigenvalue weighted by Crippen LogP contribution is -1.95. The van der Waals surface area contributed by atoms with Crippen LogP contribution in [0, 0.1) is 11.3 Å². The van der Waals surface area contributed by atoms with E-state index < -0.39 is 0 Å². The summed E-state index contributed by atoms with van der Waals surface area (Å²) in [7, 11) is 0. The van der Waals surface area contributed by atoms with Crippen molar-refractivity contribution in [3.8, 4) is 11.8 Å². The third-order valence-corrected chi connectivity index (χ3v) is 2.78. The predicted molar refractivity (Wildman–Crippen MR) is 71.5 cm³/mol. The maximum absolute atomic E-state index is 8.57. The number of benzene rings is 2. The Morgan fingerprint density at radius 2 is 1.56 bits per heavy atom. The van der Waals surface area contributed by atoms with Crippen molar-refractivity contribution in [3.05, 3.63) is 64.7 Å². The minimum Gasteiger partial charge on any atom is -0.489 e. The molecule has 90 valence electrons. The lowest BCUT2D eigenvalue weighted by Gasteiger charge is -2.06. The van der Waals surface area contributed by atoms with Crippen LogP contribution >= 0.6 is 11.6 Å². The average Bonchev–Trinajstić information content (AvgIpc) is 2.40. The molecule has 2 aromatic carbocycles. The van der Waals surface area contributed by atoms with Gasteiger partial charge in [0.2, 0.25) is 0 Å². The van der Waals surface area contributed by atoms with E-state index in [1.54, 1.807) is 0 Å². The number of nitriles is 1. The molecule has 0 atom stereocenters. The van der Waals surface area contributed by atoms with Gasteiger partial charge in [-0.2, -0.15) is 5.26 Å². The quantitative estimate of drug-likeness (QED) is 0.830. The van der Waals surface area contributed by atoms with Crippen molar-refractivity contribution in [2.45, 2.75) is 13.0 Å². The van der Waals surface area contributed by atoms with Gasteiger partial charge in [-0.1, -0.05) is 35.9 Å². The van der Waals surface area contributed by atoms with Crippen LogP contribution < -0.4 is 4.74 Å². The van der Waals surface area contributed by atoms with Crippen LogP contribution in [0.2, 0.25) is 5.02 Å². The Hall–Kier alpha value is -1.98. The predicted octanol–water partition coefficient (Wildman–Crippen LogP) is 3.99. The molecular formula is C15H12ClNO. The summed E-state index contributed by atoms with van der Waals surface area (Å²) in [4.78, 5) is 0. The molecule has 2 aromatic rings. The Morgan fingerprint density at radius 3 is 2.17 bits per heavy atom. The van der Waals surface area contributed by atoms with Gasteiger partial charge in [-0.15, -0.1) is 0 Å². The molecule has 0 heterocycles. The van der Waals surface area contributed by atoms with E-state index in [-0.39, 0.29) is 0 Å². The highest BCUT2D eigenvalue weighted by atomic mass is 35.5. The fraction of sp³-hybridized carbons (Fsp3) is 0.133. The van der Waals surface area contributed by atoms with Gasteiger partial charge in [0.25, 0.3) is 0 Å². The molecule has 0 aromatic heterocycles. The zero-order valence-electron chi connectivity index (χ0n) is 9.77. The van der Waals surface area contributed by atoms with E-state index in [4.69, 9.17) is 21.6 Å². The fourth-order valence-electron chi connectivity index (χ4n) is 1.54. The van der Waals surface area contributed by atoms with Gasteiger partial charge < -0.3 is 4.74 Å². The minimum absolute atomic E-state index is 0.428. The fourth-order valence-corrected chi connectivity index (χ4v) is 1.67. The van der Waals surface area contributed by atoms with Crippen molar-refractivity contribution >= 4 is 11.6 Å². The molecular weight excluding hydrogens is 246 g/mol. The van der Waals surface area contributed by atoms with Crippen molar-refractivity contribution in [3.63, 3.8) is 0 Å². The molecule has 0 aliphatic carbocycles. The summed E-state index contributed by atoms with van der Waals surface area (Å²) < 4.78 is 5.64. The molecule has 0 amide bonds. The molecule has 0 fully saturated rings. The van der Waals surface area contributed by atoms with Crippen molar-refractivity contribution in [2.24, 2.45) is 0 Å². The second-order valence-electron chi connectivity index (χ2n) is 3.89. The Kier molecular flexibility index (Phi) is 4.22. The highest BCUT2D eigenvalue weighted by Crippen LogP contribution is 2.15. The van der Waals surface area contributed by atoms with Gasteiger partial charge in [-0.05, 0) is 35.4 Å². The third kappa shape index (κ3) is 3.51. The zero-order chi connectivity index (χ0) is 12.8. The second kappa shape index (κ2) is 6.09. The van der Waals surface area contributed by atoms with Gasteiger partial charge >= 0.3 is 0 Å². The van der Waals surface area contributed by atoms with Crippen LogP contribution in [0.5, 0.6) is 5.75 Å². The van der Waals surface area contributed by atoms with E-state index in [1.807, 2.05) is 48.5 Å². The van der Waals surface area contributed by atoms with Gasteiger partial charge in [0, 0.05) is 5.02 Å². The van der Waals surface area contributed by atoms with Crippen LogP contribution in [0.4, 0.5) is 0 Å². The first-order valence-electron chi connectivity index (χ1n) is 5.61.